The highest BCUT2D eigenvalue weighted by Gasteiger charge is 2.16. The number of ether oxygens (including phenoxy) is 1. The summed E-state index contributed by atoms with van der Waals surface area (Å²) in [7, 11) is 0. The highest BCUT2D eigenvalue weighted by atomic mass is 32.2. The molecule has 0 bridgehead atoms. The molecule has 0 aliphatic carbocycles. The van der Waals surface area contributed by atoms with E-state index in [9.17, 15) is 4.79 Å². The van der Waals surface area contributed by atoms with E-state index in [2.05, 4.69) is 15.5 Å². The fourth-order valence-electron chi connectivity index (χ4n) is 1.84. The maximum atomic E-state index is 11.9. The van der Waals surface area contributed by atoms with Gasteiger partial charge in [-0.3, -0.25) is 4.79 Å². The molecule has 1 fully saturated rings. The van der Waals surface area contributed by atoms with Crippen molar-refractivity contribution in [3.05, 3.63) is 0 Å². The van der Waals surface area contributed by atoms with Crippen molar-refractivity contribution in [1.29, 1.82) is 0 Å². The molecule has 1 saturated heterocycles. The average Bonchev–Trinajstić information content (AvgIpc) is 2.92. The molecule has 0 aromatic carbocycles. The van der Waals surface area contributed by atoms with E-state index in [0.717, 1.165) is 41.3 Å². The van der Waals surface area contributed by atoms with E-state index in [1.54, 1.807) is 23.1 Å². The lowest BCUT2D eigenvalue weighted by atomic mass is 10.3. The van der Waals surface area contributed by atoms with Gasteiger partial charge in [0, 0.05) is 31.8 Å². The Labute approximate surface area is 127 Å². The van der Waals surface area contributed by atoms with E-state index < -0.39 is 0 Å². The summed E-state index contributed by atoms with van der Waals surface area (Å²) in [5.41, 5.74) is 0. The number of nitrogens with zero attached hydrogens (tertiary/aromatic N) is 3. The Kier molecular flexibility index (Phi) is 6.55. The van der Waals surface area contributed by atoms with Gasteiger partial charge >= 0.3 is 0 Å². The van der Waals surface area contributed by atoms with Gasteiger partial charge in [0.15, 0.2) is 4.34 Å². The molecule has 1 aromatic heterocycles. The maximum absolute atomic E-state index is 11.9. The van der Waals surface area contributed by atoms with Crippen molar-refractivity contribution < 1.29 is 9.53 Å². The SMILES string of the molecule is CCNc1nnc(SCCCC(=O)N2CCOCC2)s1. The van der Waals surface area contributed by atoms with Crippen molar-refractivity contribution in [3.63, 3.8) is 0 Å². The second kappa shape index (κ2) is 8.43. The largest absolute Gasteiger partial charge is 0.378 e. The van der Waals surface area contributed by atoms with Crippen LogP contribution in [0.1, 0.15) is 19.8 Å². The van der Waals surface area contributed by atoms with Gasteiger partial charge in [-0.05, 0) is 13.3 Å². The summed E-state index contributed by atoms with van der Waals surface area (Å²) in [6.45, 7) is 5.68. The van der Waals surface area contributed by atoms with E-state index in [4.69, 9.17) is 4.74 Å². The van der Waals surface area contributed by atoms with Crippen molar-refractivity contribution in [2.24, 2.45) is 0 Å². The van der Waals surface area contributed by atoms with Crippen LogP contribution in [0.15, 0.2) is 4.34 Å². The Balaban J connectivity index is 1.61. The molecule has 2 rings (SSSR count). The topological polar surface area (TPSA) is 67.4 Å². The highest BCUT2D eigenvalue weighted by Crippen LogP contribution is 2.26. The molecule has 8 heteroatoms. The van der Waals surface area contributed by atoms with E-state index in [0.29, 0.717) is 19.6 Å². The zero-order chi connectivity index (χ0) is 14.2. The van der Waals surface area contributed by atoms with Gasteiger partial charge in [0.2, 0.25) is 11.0 Å². The van der Waals surface area contributed by atoms with Gasteiger partial charge in [0.25, 0.3) is 0 Å². The van der Waals surface area contributed by atoms with Crippen LogP contribution in [0, 0.1) is 0 Å². The first-order valence-electron chi connectivity index (χ1n) is 6.85. The third-order valence-electron chi connectivity index (χ3n) is 2.86. The number of carbonyl (C=O) groups is 1. The normalized spacial score (nSPS) is 15.3. The number of morpholine rings is 1. The number of hydrogen-bond acceptors (Lipinski definition) is 7. The Morgan fingerprint density at radius 3 is 3.00 bits per heavy atom. The Hall–Kier alpha value is -0.860. The molecule has 0 saturated carbocycles. The van der Waals surface area contributed by atoms with Crippen LogP contribution in [-0.2, 0) is 9.53 Å². The number of carbonyl (C=O) groups excluding carboxylic acids is 1. The molecule has 1 N–H and O–H groups in total. The minimum absolute atomic E-state index is 0.236. The molecule has 0 atom stereocenters. The Morgan fingerprint density at radius 1 is 1.45 bits per heavy atom. The second-order valence-electron chi connectivity index (χ2n) is 4.35. The fraction of sp³-hybridized carbons (Fsp3) is 0.750. The van der Waals surface area contributed by atoms with E-state index in [1.807, 2.05) is 11.8 Å². The van der Waals surface area contributed by atoms with Crippen LogP contribution in [0.2, 0.25) is 0 Å². The van der Waals surface area contributed by atoms with Crippen molar-refractivity contribution >= 4 is 34.1 Å². The van der Waals surface area contributed by atoms with Crippen molar-refractivity contribution in [2.75, 3.05) is 43.9 Å². The van der Waals surface area contributed by atoms with Crippen molar-refractivity contribution in [2.45, 2.75) is 24.1 Å². The first-order valence-corrected chi connectivity index (χ1v) is 8.65. The van der Waals surface area contributed by atoms with Crippen LogP contribution >= 0.6 is 23.1 Å². The predicted octanol–water partition coefficient (Wildman–Crippen LogP) is 1.70. The quantitative estimate of drug-likeness (QED) is 0.610. The molecule has 1 aliphatic heterocycles. The van der Waals surface area contributed by atoms with Gasteiger partial charge in [0.05, 0.1) is 13.2 Å². The molecule has 1 aromatic rings. The minimum atomic E-state index is 0.236. The van der Waals surface area contributed by atoms with Crippen LogP contribution < -0.4 is 5.32 Å². The van der Waals surface area contributed by atoms with E-state index in [-0.39, 0.29) is 5.91 Å². The summed E-state index contributed by atoms with van der Waals surface area (Å²) in [5, 5.41) is 12.1. The number of aromatic nitrogens is 2. The molecule has 1 amide bonds. The zero-order valence-corrected chi connectivity index (χ0v) is 13.3. The maximum Gasteiger partial charge on any atom is 0.222 e. The molecular formula is C12H20N4O2S2. The third kappa shape index (κ3) is 4.92. The summed E-state index contributed by atoms with van der Waals surface area (Å²) in [4.78, 5) is 13.8. The van der Waals surface area contributed by atoms with Gasteiger partial charge in [-0.2, -0.15) is 0 Å². The standard InChI is InChI=1S/C12H20N4O2S2/c1-2-13-11-14-15-12(20-11)19-9-3-4-10(17)16-5-7-18-8-6-16/h2-9H2,1H3,(H,13,14). The van der Waals surface area contributed by atoms with Crippen LogP contribution in [0.4, 0.5) is 5.13 Å². The summed E-state index contributed by atoms with van der Waals surface area (Å²) in [6, 6.07) is 0. The van der Waals surface area contributed by atoms with Gasteiger partial charge in [-0.1, -0.05) is 23.1 Å². The molecule has 112 valence electrons. The van der Waals surface area contributed by atoms with Gasteiger partial charge in [0.1, 0.15) is 0 Å². The first kappa shape index (κ1) is 15.5. The Morgan fingerprint density at radius 2 is 2.25 bits per heavy atom. The van der Waals surface area contributed by atoms with Crippen LogP contribution in [-0.4, -0.2) is 59.6 Å². The fourth-order valence-corrected chi connectivity index (χ4v) is 3.67. The molecule has 1 aliphatic rings. The number of nitrogens with one attached hydrogen (secondary N) is 1. The minimum Gasteiger partial charge on any atom is -0.378 e. The van der Waals surface area contributed by atoms with Crippen molar-refractivity contribution in [3.8, 4) is 0 Å². The number of rotatable bonds is 7. The molecule has 0 radical (unpaired) electrons. The molecule has 6 nitrogen and oxygen atoms in total. The number of thioether (sulfide) groups is 1. The van der Waals surface area contributed by atoms with Gasteiger partial charge in [-0.15, -0.1) is 10.2 Å². The summed E-state index contributed by atoms with van der Waals surface area (Å²) in [5.74, 6) is 1.14. The van der Waals surface area contributed by atoms with Gasteiger partial charge < -0.3 is 15.0 Å². The summed E-state index contributed by atoms with van der Waals surface area (Å²) < 4.78 is 6.20. The molecular weight excluding hydrogens is 296 g/mol. The second-order valence-corrected chi connectivity index (χ2v) is 6.67. The average molecular weight is 316 g/mol. The van der Waals surface area contributed by atoms with Crippen LogP contribution in [0.5, 0.6) is 0 Å². The third-order valence-corrected chi connectivity index (χ3v) is 4.96. The van der Waals surface area contributed by atoms with Crippen LogP contribution in [0.25, 0.3) is 0 Å². The zero-order valence-electron chi connectivity index (χ0n) is 11.6. The summed E-state index contributed by atoms with van der Waals surface area (Å²) >= 11 is 3.23. The molecule has 20 heavy (non-hydrogen) atoms. The monoisotopic (exact) mass is 316 g/mol. The first-order chi connectivity index (χ1) is 9.79. The lowest BCUT2D eigenvalue weighted by molar-refractivity contribution is -0.135. The molecule has 2 heterocycles. The molecule has 0 unspecified atom stereocenters. The Bertz CT molecular complexity index is 421. The van der Waals surface area contributed by atoms with E-state index >= 15 is 0 Å². The van der Waals surface area contributed by atoms with Crippen LogP contribution in [0.3, 0.4) is 0 Å². The summed E-state index contributed by atoms with van der Waals surface area (Å²) in [6.07, 6.45) is 1.48. The smallest absolute Gasteiger partial charge is 0.222 e. The van der Waals surface area contributed by atoms with E-state index in [1.165, 1.54) is 0 Å². The van der Waals surface area contributed by atoms with Crippen molar-refractivity contribution in [1.82, 2.24) is 15.1 Å². The number of hydrogen-bond donors (Lipinski definition) is 1. The lowest BCUT2D eigenvalue weighted by Crippen LogP contribution is -2.40. The highest BCUT2D eigenvalue weighted by molar-refractivity contribution is 8.01. The van der Waals surface area contributed by atoms with Gasteiger partial charge in [-0.25, -0.2) is 0 Å². The lowest BCUT2D eigenvalue weighted by Gasteiger charge is -2.26. The molecule has 0 spiro atoms. The number of amides is 1. The predicted molar refractivity (Wildman–Crippen MR) is 81.4 cm³/mol. The number of anilines is 1.